The lowest BCUT2D eigenvalue weighted by atomic mass is 9.96. The number of nitriles is 1. The molecule has 36 heavy (non-hydrogen) atoms. The molecule has 0 amide bonds. The largest absolute Gasteiger partial charge is 0.496 e. The van der Waals surface area contributed by atoms with Crippen molar-refractivity contribution >= 4 is 39.7 Å². The van der Waals surface area contributed by atoms with E-state index in [-0.39, 0.29) is 18.1 Å². The summed E-state index contributed by atoms with van der Waals surface area (Å²) in [5, 5.41) is 13.8. The van der Waals surface area contributed by atoms with Crippen LogP contribution < -0.4 is 15.0 Å². The second-order valence-corrected chi connectivity index (χ2v) is 9.68. The minimum Gasteiger partial charge on any atom is -0.496 e. The van der Waals surface area contributed by atoms with E-state index < -0.39 is 0 Å². The van der Waals surface area contributed by atoms with Gasteiger partial charge >= 0.3 is 0 Å². The van der Waals surface area contributed by atoms with Gasteiger partial charge in [0.2, 0.25) is 0 Å². The highest BCUT2D eigenvalue weighted by Gasteiger charge is 2.18. The van der Waals surface area contributed by atoms with Crippen LogP contribution in [0.3, 0.4) is 0 Å². The molecule has 0 fully saturated rings. The molecule has 182 valence electrons. The Balaban J connectivity index is 1.90. The van der Waals surface area contributed by atoms with Crippen LogP contribution in [0.4, 0.5) is 0 Å². The second kappa shape index (κ2) is 10.9. The highest BCUT2D eigenvalue weighted by Crippen LogP contribution is 2.34. The Hall–Kier alpha value is -3.71. The fraction of sp³-hybridized carbons (Fsp3) is 0.214. The van der Waals surface area contributed by atoms with Crippen LogP contribution >= 0.6 is 22.6 Å². The van der Waals surface area contributed by atoms with Gasteiger partial charge in [-0.3, -0.25) is 4.79 Å². The molecule has 0 aliphatic heterocycles. The van der Waals surface area contributed by atoms with E-state index in [4.69, 9.17) is 19.7 Å². The van der Waals surface area contributed by atoms with E-state index in [2.05, 4.69) is 41.5 Å². The number of nitrogens with zero attached hydrogens (tertiary/aromatic N) is 4. The Morgan fingerprint density at radius 1 is 1.17 bits per heavy atom. The van der Waals surface area contributed by atoms with Crippen LogP contribution in [0, 0.1) is 21.8 Å². The summed E-state index contributed by atoms with van der Waals surface area (Å²) in [6.07, 6.45) is 1.62. The monoisotopic (exact) mass is 592 g/mol. The SMILES string of the molecule is COc1cc(C)c(-c2nc3ccccc3c(=O)n2N=Cc2ccc(OCC#N)c(I)c2)cc1C(C)C. The molecule has 4 rings (SSSR count). The molecule has 7 nitrogen and oxygen atoms in total. The first kappa shape index (κ1) is 25.4. The molecule has 1 aromatic heterocycles. The Morgan fingerprint density at radius 2 is 1.94 bits per heavy atom. The molecule has 0 N–H and O–H groups in total. The molecule has 0 saturated carbocycles. The molecule has 0 aliphatic rings. The predicted octanol–water partition coefficient (Wildman–Crippen LogP) is 5.89. The van der Waals surface area contributed by atoms with Crippen LogP contribution in [0.25, 0.3) is 22.3 Å². The number of rotatable bonds is 7. The maximum atomic E-state index is 13.6. The van der Waals surface area contributed by atoms with Gasteiger partial charge in [0.05, 0.1) is 27.8 Å². The summed E-state index contributed by atoms with van der Waals surface area (Å²) in [4.78, 5) is 18.4. The highest BCUT2D eigenvalue weighted by molar-refractivity contribution is 14.1. The van der Waals surface area contributed by atoms with Crippen molar-refractivity contribution in [2.24, 2.45) is 5.10 Å². The van der Waals surface area contributed by atoms with Crippen molar-refractivity contribution in [1.82, 2.24) is 9.66 Å². The van der Waals surface area contributed by atoms with Crippen molar-refractivity contribution in [3.05, 3.63) is 85.2 Å². The third-order valence-corrected chi connectivity index (χ3v) is 6.61. The number of fused-ring (bicyclic) bond motifs is 1. The number of aryl methyl sites for hydroxylation is 1. The van der Waals surface area contributed by atoms with Gasteiger partial charge in [-0.2, -0.15) is 15.0 Å². The second-order valence-electron chi connectivity index (χ2n) is 8.51. The predicted molar refractivity (Wildman–Crippen MR) is 150 cm³/mol. The maximum absolute atomic E-state index is 13.6. The fourth-order valence-electron chi connectivity index (χ4n) is 3.92. The van der Waals surface area contributed by atoms with E-state index in [9.17, 15) is 4.79 Å². The van der Waals surface area contributed by atoms with E-state index >= 15 is 0 Å². The molecule has 3 aromatic carbocycles. The van der Waals surface area contributed by atoms with Gasteiger partial charge in [-0.15, -0.1) is 0 Å². The molecule has 4 aromatic rings. The normalized spacial score (nSPS) is 11.2. The molecule has 0 aliphatic carbocycles. The van der Waals surface area contributed by atoms with Gasteiger partial charge in [-0.1, -0.05) is 26.0 Å². The standard InChI is InChI=1S/C28H25IN4O3/c1-17(2)21-15-22(18(3)13-26(21)35-4)27-32-24-8-6-5-7-20(24)28(34)33(27)31-16-19-9-10-25(23(29)14-19)36-12-11-30/h5-10,13-17H,12H2,1-4H3. The van der Waals surface area contributed by atoms with E-state index in [1.165, 1.54) is 4.68 Å². The van der Waals surface area contributed by atoms with Gasteiger partial charge in [-0.05, 0) is 94.6 Å². The fourth-order valence-corrected chi connectivity index (χ4v) is 4.62. The molecular formula is C28H25IN4O3. The molecule has 1 heterocycles. The highest BCUT2D eigenvalue weighted by atomic mass is 127. The van der Waals surface area contributed by atoms with Crippen molar-refractivity contribution < 1.29 is 9.47 Å². The van der Waals surface area contributed by atoms with Gasteiger partial charge in [0.1, 0.15) is 17.6 Å². The van der Waals surface area contributed by atoms with E-state index in [0.29, 0.717) is 22.5 Å². The van der Waals surface area contributed by atoms with Crippen LogP contribution in [0.15, 0.2) is 64.5 Å². The third kappa shape index (κ3) is 5.11. The first-order chi connectivity index (χ1) is 17.3. The van der Waals surface area contributed by atoms with Crippen molar-refractivity contribution in [1.29, 1.82) is 5.26 Å². The quantitative estimate of drug-likeness (QED) is 0.197. The van der Waals surface area contributed by atoms with Gasteiger partial charge < -0.3 is 9.47 Å². The number of benzene rings is 3. The van der Waals surface area contributed by atoms with Gasteiger partial charge in [0.15, 0.2) is 12.4 Å². The zero-order valence-electron chi connectivity index (χ0n) is 20.4. The summed E-state index contributed by atoms with van der Waals surface area (Å²) >= 11 is 2.15. The maximum Gasteiger partial charge on any atom is 0.282 e. The lowest BCUT2D eigenvalue weighted by Crippen LogP contribution is -2.20. The van der Waals surface area contributed by atoms with Crippen LogP contribution in [0.1, 0.15) is 36.5 Å². The Morgan fingerprint density at radius 3 is 2.64 bits per heavy atom. The third-order valence-electron chi connectivity index (χ3n) is 5.76. The molecule has 0 saturated heterocycles. The average molecular weight is 592 g/mol. The summed E-state index contributed by atoms with van der Waals surface area (Å²) in [6, 6.07) is 18.7. The summed E-state index contributed by atoms with van der Waals surface area (Å²) < 4.78 is 13.2. The molecule has 0 unspecified atom stereocenters. The first-order valence-corrected chi connectivity index (χ1v) is 12.5. The van der Waals surface area contributed by atoms with Crippen LogP contribution in [-0.2, 0) is 0 Å². The zero-order valence-corrected chi connectivity index (χ0v) is 22.6. The number of para-hydroxylation sites is 1. The Bertz CT molecular complexity index is 1570. The van der Waals surface area contributed by atoms with Crippen molar-refractivity contribution in [3.8, 4) is 29.0 Å². The van der Waals surface area contributed by atoms with Crippen molar-refractivity contribution in [3.63, 3.8) is 0 Å². The number of aromatic nitrogens is 2. The molecule has 0 radical (unpaired) electrons. The molecule has 0 bridgehead atoms. The van der Waals surface area contributed by atoms with Gasteiger partial charge in [0.25, 0.3) is 5.56 Å². The van der Waals surface area contributed by atoms with Crippen LogP contribution in [-0.4, -0.2) is 29.6 Å². The van der Waals surface area contributed by atoms with Crippen LogP contribution in [0.2, 0.25) is 0 Å². The number of hydrogen-bond acceptors (Lipinski definition) is 6. The molecule has 0 atom stereocenters. The van der Waals surface area contributed by atoms with Crippen LogP contribution in [0.5, 0.6) is 11.5 Å². The molecule has 0 spiro atoms. The topological polar surface area (TPSA) is 89.5 Å². The first-order valence-electron chi connectivity index (χ1n) is 11.4. The van der Waals surface area contributed by atoms with Crippen molar-refractivity contribution in [2.45, 2.75) is 26.7 Å². The Kier molecular flexibility index (Phi) is 7.70. The molecule has 8 heteroatoms. The minimum atomic E-state index is -0.253. The summed E-state index contributed by atoms with van der Waals surface area (Å²) in [5.74, 6) is 2.10. The van der Waals surface area contributed by atoms with Gasteiger partial charge in [0, 0.05) is 5.56 Å². The Labute approximate surface area is 223 Å². The van der Waals surface area contributed by atoms with E-state index in [0.717, 1.165) is 31.6 Å². The minimum absolute atomic E-state index is 0.0233. The lowest BCUT2D eigenvalue weighted by Gasteiger charge is -2.17. The average Bonchev–Trinajstić information content (AvgIpc) is 2.87. The lowest BCUT2D eigenvalue weighted by molar-refractivity contribution is 0.365. The summed E-state index contributed by atoms with van der Waals surface area (Å²) in [7, 11) is 1.66. The van der Waals surface area contributed by atoms with E-state index in [1.807, 2.05) is 55.5 Å². The number of methoxy groups -OCH3 is 1. The zero-order chi connectivity index (χ0) is 25.8. The van der Waals surface area contributed by atoms with E-state index in [1.54, 1.807) is 25.5 Å². The smallest absolute Gasteiger partial charge is 0.282 e. The number of halogens is 1. The number of ether oxygens (including phenoxy) is 2. The summed E-state index contributed by atoms with van der Waals surface area (Å²) in [5.41, 5.74) is 3.91. The van der Waals surface area contributed by atoms with Gasteiger partial charge in [-0.25, -0.2) is 4.98 Å². The van der Waals surface area contributed by atoms with Crippen molar-refractivity contribution in [2.75, 3.05) is 13.7 Å². The molecular weight excluding hydrogens is 567 g/mol. The summed E-state index contributed by atoms with van der Waals surface area (Å²) in [6.45, 7) is 6.15. The number of hydrogen-bond donors (Lipinski definition) is 0.